The lowest BCUT2D eigenvalue weighted by atomic mass is 10.0. The Labute approximate surface area is 813 Å². The first-order valence-corrected chi connectivity index (χ1v) is 49.5. The number of rotatable bonds is 59. The summed E-state index contributed by atoms with van der Waals surface area (Å²) in [6, 6.07) is 119. The molecule has 0 amide bonds. The quantitative estimate of drug-likeness (QED) is 0.0260. The molecule has 0 aliphatic rings. The molecule has 0 saturated heterocycles. The molecule has 15 rings (SSSR count). The Morgan fingerprint density at radius 3 is 0.435 bits per heavy atom. The van der Waals surface area contributed by atoms with E-state index in [1.54, 1.807) is 12.1 Å². The molecule has 0 aliphatic carbocycles. The van der Waals surface area contributed by atoms with Crippen LogP contribution in [0.3, 0.4) is 0 Å². The maximum Gasteiger partial charge on any atom is 0.309 e. The average Bonchev–Trinajstić information content (AvgIpc) is 0.825. The highest BCUT2D eigenvalue weighted by molar-refractivity contribution is 7.87. The summed E-state index contributed by atoms with van der Waals surface area (Å²) < 4.78 is 127. The van der Waals surface area contributed by atoms with Gasteiger partial charge in [0, 0.05) is 0 Å². The van der Waals surface area contributed by atoms with Crippen molar-refractivity contribution in [1.29, 1.82) is 0 Å². The lowest BCUT2D eigenvalue weighted by Gasteiger charge is -2.17. The van der Waals surface area contributed by atoms with Gasteiger partial charge in [0.25, 0.3) is 0 Å². The molecule has 18 heteroatoms. The van der Waals surface area contributed by atoms with E-state index in [0.717, 1.165) is 138 Å². The smallest absolute Gasteiger partial charge is 0.309 e. The SMILES string of the molecule is CCCCCCCCCCCCCCCCS(=O)(=O)Oc1cc(COc2cc(COc3cc(COc4ccccc4)cc(COc4ccccc4)c3)cc(COc3cc(COc4ccccc4)cc(COc4ccccc4)c3)c2)cc(COc2cc(COc3cc(COc4ccccc4)cc(COc4ccccc4)c3)cc(COc3cc(COc4ccccc4)cc(COc4ccccc4)c3)c2)c1. The van der Waals surface area contributed by atoms with Crippen molar-refractivity contribution in [3.8, 4) is 86.2 Å². The van der Waals surface area contributed by atoms with Crippen molar-refractivity contribution in [3.63, 3.8) is 0 Å². The molecule has 0 atom stereocenters. The van der Waals surface area contributed by atoms with Gasteiger partial charge in [0.1, 0.15) is 179 Å². The summed E-state index contributed by atoms with van der Waals surface area (Å²) in [5.41, 5.74) is 11.4. The summed E-state index contributed by atoms with van der Waals surface area (Å²) in [5, 5.41) is 0. The largest absolute Gasteiger partial charge is 0.489 e. The van der Waals surface area contributed by atoms with Crippen LogP contribution in [-0.4, -0.2) is 14.2 Å². The average molecular weight is 1870 g/mol. The highest BCUT2D eigenvalue weighted by atomic mass is 32.2. The van der Waals surface area contributed by atoms with Crippen LogP contribution >= 0.6 is 0 Å². The summed E-state index contributed by atoms with van der Waals surface area (Å²) in [6.45, 7) is 4.95. The first-order chi connectivity index (χ1) is 67.9. The molecule has 0 unspecified atom stereocenters. The normalized spacial score (nSPS) is 11.1. The second-order valence-electron chi connectivity index (χ2n) is 34.4. The van der Waals surface area contributed by atoms with E-state index in [-0.39, 0.29) is 104 Å². The van der Waals surface area contributed by atoms with Gasteiger partial charge < -0.3 is 70.5 Å². The summed E-state index contributed by atoms with van der Waals surface area (Å²) in [7, 11) is -4.10. The molecule has 15 aromatic rings. The lowest BCUT2D eigenvalue weighted by Crippen LogP contribution is -2.14. The third-order valence-corrected chi connectivity index (χ3v) is 24.0. The number of benzene rings is 15. The van der Waals surface area contributed by atoms with E-state index in [4.69, 9.17) is 70.5 Å². The number of ether oxygens (including phenoxy) is 14. The molecule has 0 radical (unpaired) electrons. The van der Waals surface area contributed by atoms with Crippen LogP contribution in [0.5, 0.6) is 86.2 Å². The van der Waals surface area contributed by atoms with Crippen LogP contribution in [0.1, 0.15) is 175 Å². The molecular formula is C120H122O17S. The Morgan fingerprint density at radius 2 is 0.283 bits per heavy atom. The Bertz CT molecular complexity index is 5350. The highest BCUT2D eigenvalue weighted by Gasteiger charge is 2.20. The molecule has 0 heterocycles. The van der Waals surface area contributed by atoms with Crippen LogP contribution < -0.4 is 70.5 Å². The monoisotopic (exact) mass is 1870 g/mol. The maximum atomic E-state index is 14.4. The number of para-hydroxylation sites is 8. The van der Waals surface area contributed by atoms with Gasteiger partial charge in [-0.3, -0.25) is 0 Å². The van der Waals surface area contributed by atoms with E-state index in [0.29, 0.717) is 52.0 Å². The maximum absolute atomic E-state index is 14.4. The fourth-order valence-electron chi connectivity index (χ4n) is 15.9. The summed E-state index contributed by atoms with van der Waals surface area (Å²) >= 11 is 0. The van der Waals surface area contributed by atoms with Gasteiger partial charge in [-0.05, 0) is 309 Å². The zero-order chi connectivity index (χ0) is 94.5. The van der Waals surface area contributed by atoms with Crippen LogP contribution in [0.25, 0.3) is 0 Å². The van der Waals surface area contributed by atoms with Crippen LogP contribution in [0.2, 0.25) is 0 Å². The third-order valence-electron chi connectivity index (χ3n) is 22.8. The van der Waals surface area contributed by atoms with Crippen molar-refractivity contribution in [2.75, 3.05) is 5.75 Å². The standard InChI is InChI=1S/C120H122O17S/c1-2-3-4-5-6-7-8-9-10-11-12-13-14-39-56-138(121,122)137-120-76-104(90-135-118-72-100(86-131-114-64-92(78-123-106-40-23-15-24-41-106)57-93(65-114)79-124-107-42-25-16-26-43-107)61-101(73-118)87-132-115-66-94(80-125-108-44-27-17-28-45-108)58-95(67-115)81-126-109-46-29-18-30-47-109)63-105(77-120)91-136-119-74-102(88-133-116-68-96(82-127-110-48-31-19-32-49-110)59-97(69-116)83-128-111-50-33-20-34-51-111)62-103(75-119)89-134-117-70-98(84-129-112-52-35-21-36-53-112)60-99(71-117)85-130-113-54-37-22-38-55-113/h15-38,40-55,57-77H,2-14,39,56,78-91H2,1H3. The second-order valence-corrected chi connectivity index (χ2v) is 36.1. The molecule has 0 saturated carbocycles. The lowest BCUT2D eigenvalue weighted by molar-refractivity contribution is 0.279. The van der Waals surface area contributed by atoms with Crippen molar-refractivity contribution in [2.24, 2.45) is 0 Å². The first-order valence-electron chi connectivity index (χ1n) is 48.0. The van der Waals surface area contributed by atoms with E-state index in [9.17, 15) is 8.42 Å². The van der Waals surface area contributed by atoms with Crippen molar-refractivity contribution >= 4 is 10.1 Å². The molecular weight excluding hydrogens is 1750 g/mol. The molecule has 710 valence electrons. The molecule has 0 N–H and O–H groups in total. The molecule has 17 nitrogen and oxygen atoms in total. The minimum atomic E-state index is -4.10. The molecule has 0 aliphatic heterocycles. The zero-order valence-electron chi connectivity index (χ0n) is 78.6. The fourth-order valence-corrected chi connectivity index (χ4v) is 17.0. The summed E-state index contributed by atoms with van der Waals surface area (Å²) in [4.78, 5) is 0. The number of hydrogen-bond donors (Lipinski definition) is 0. The van der Waals surface area contributed by atoms with Gasteiger partial charge in [0.05, 0.1) is 5.75 Å². The Balaban J connectivity index is 0.729. The summed E-state index contributed by atoms with van der Waals surface area (Å²) in [5.74, 6) is 9.29. The van der Waals surface area contributed by atoms with Crippen LogP contribution in [0.15, 0.2) is 370 Å². The van der Waals surface area contributed by atoms with Gasteiger partial charge in [-0.25, -0.2) is 0 Å². The van der Waals surface area contributed by atoms with E-state index >= 15 is 0 Å². The van der Waals surface area contributed by atoms with Gasteiger partial charge in [-0.1, -0.05) is 236 Å². The van der Waals surface area contributed by atoms with Gasteiger partial charge in [-0.15, -0.1) is 0 Å². The Hall–Kier alpha value is -14.8. The van der Waals surface area contributed by atoms with Crippen molar-refractivity contribution < 1.29 is 78.9 Å². The Kier molecular flexibility index (Phi) is 37.9. The fraction of sp³-hybridized carbons (Fsp3) is 0.250. The van der Waals surface area contributed by atoms with Gasteiger partial charge in [0.15, 0.2) is 0 Å². The van der Waals surface area contributed by atoms with Gasteiger partial charge in [0.2, 0.25) is 0 Å². The molecule has 0 aromatic heterocycles. The molecule has 0 bridgehead atoms. The zero-order valence-corrected chi connectivity index (χ0v) is 79.4. The van der Waals surface area contributed by atoms with E-state index in [1.165, 1.54) is 57.8 Å². The minimum Gasteiger partial charge on any atom is -0.489 e. The molecule has 0 fully saturated rings. The minimum absolute atomic E-state index is 0.0239. The number of unbranched alkanes of at least 4 members (excludes halogenated alkanes) is 13. The van der Waals surface area contributed by atoms with Gasteiger partial charge >= 0.3 is 10.1 Å². The van der Waals surface area contributed by atoms with Crippen molar-refractivity contribution in [1.82, 2.24) is 0 Å². The highest BCUT2D eigenvalue weighted by Crippen LogP contribution is 2.34. The van der Waals surface area contributed by atoms with Gasteiger partial charge in [-0.2, -0.15) is 8.42 Å². The number of hydrogen-bond acceptors (Lipinski definition) is 17. The van der Waals surface area contributed by atoms with E-state index < -0.39 is 10.1 Å². The predicted molar refractivity (Wildman–Crippen MR) is 542 cm³/mol. The van der Waals surface area contributed by atoms with Crippen LogP contribution in [0, 0.1) is 0 Å². The van der Waals surface area contributed by atoms with Crippen LogP contribution in [-0.2, 0) is 103 Å². The van der Waals surface area contributed by atoms with Crippen molar-refractivity contribution in [2.45, 2.75) is 189 Å². The third kappa shape index (κ3) is 34.6. The van der Waals surface area contributed by atoms with Crippen LogP contribution in [0.4, 0.5) is 0 Å². The van der Waals surface area contributed by atoms with E-state index in [1.807, 2.05) is 334 Å². The van der Waals surface area contributed by atoms with E-state index in [2.05, 4.69) is 31.2 Å². The topological polar surface area (TPSA) is 173 Å². The summed E-state index contributed by atoms with van der Waals surface area (Å²) in [6.07, 6.45) is 15.9. The first kappa shape index (κ1) is 97.8. The molecule has 0 spiro atoms. The predicted octanol–water partition coefficient (Wildman–Crippen LogP) is 29.0. The molecule has 15 aromatic carbocycles. The molecule has 138 heavy (non-hydrogen) atoms. The van der Waals surface area contributed by atoms with Crippen molar-refractivity contribution in [3.05, 3.63) is 448 Å². The second kappa shape index (κ2) is 53.5. The Morgan fingerprint density at radius 1 is 0.152 bits per heavy atom.